The summed E-state index contributed by atoms with van der Waals surface area (Å²) >= 11 is 0. The number of ether oxygens (including phenoxy) is 2. The van der Waals surface area contributed by atoms with Gasteiger partial charge in [-0.2, -0.15) is 9.97 Å². The average Bonchev–Trinajstić information content (AvgIpc) is 3.41. The van der Waals surface area contributed by atoms with Gasteiger partial charge in [0.2, 0.25) is 0 Å². The van der Waals surface area contributed by atoms with Crippen LogP contribution in [-0.2, 0) is 4.74 Å². The summed E-state index contributed by atoms with van der Waals surface area (Å²) in [6.07, 6.45) is 7.64. The Morgan fingerprint density at radius 2 is 2.15 bits per heavy atom. The van der Waals surface area contributed by atoms with Crippen molar-refractivity contribution in [2.24, 2.45) is 5.92 Å². The highest BCUT2D eigenvalue weighted by atomic mass is 19.1. The summed E-state index contributed by atoms with van der Waals surface area (Å²) in [4.78, 5) is 17.8. The Morgan fingerprint density at radius 1 is 1.28 bits per heavy atom. The second kappa shape index (κ2) is 10.9. The Labute approximate surface area is 267 Å². The first-order valence-electron chi connectivity index (χ1n) is 16.5. The third-order valence-corrected chi connectivity index (χ3v) is 9.82. The predicted octanol–water partition coefficient (Wildman–Crippen LogP) is 5.32. The molecule has 1 saturated carbocycles. The van der Waals surface area contributed by atoms with E-state index >= 15 is 8.78 Å². The lowest BCUT2D eigenvalue weighted by molar-refractivity contribution is 0.107. The fourth-order valence-electron chi connectivity index (χ4n) is 7.62. The number of rotatable bonds is 6. The molecule has 5 atom stereocenters. The largest absolute Gasteiger partial charge is 0.461 e. The van der Waals surface area contributed by atoms with Gasteiger partial charge in [0.25, 0.3) is 0 Å². The van der Waals surface area contributed by atoms with Crippen molar-refractivity contribution in [2.75, 3.05) is 50.0 Å². The minimum absolute atomic E-state index is 0.0141. The summed E-state index contributed by atoms with van der Waals surface area (Å²) in [6, 6.07) is 5.42. The molecule has 3 aliphatic heterocycles. The molecule has 46 heavy (non-hydrogen) atoms. The lowest BCUT2D eigenvalue weighted by atomic mass is 9.93. The summed E-state index contributed by atoms with van der Waals surface area (Å²) in [7, 11) is 0. The lowest BCUT2D eigenvalue weighted by Gasteiger charge is -2.31. The van der Waals surface area contributed by atoms with E-state index in [0.29, 0.717) is 82.5 Å². The average molecular weight is 629 g/mol. The van der Waals surface area contributed by atoms with Gasteiger partial charge in [0.05, 0.1) is 49.7 Å². The van der Waals surface area contributed by atoms with Crippen molar-refractivity contribution in [3.8, 4) is 29.6 Å². The Kier molecular flexibility index (Phi) is 6.32. The lowest BCUT2D eigenvalue weighted by Crippen LogP contribution is -2.43. The van der Waals surface area contributed by atoms with E-state index < -0.39 is 36.3 Å². The van der Waals surface area contributed by atoms with Gasteiger partial charge in [0.15, 0.2) is 0 Å². The predicted molar refractivity (Wildman–Crippen MR) is 172 cm³/mol. The van der Waals surface area contributed by atoms with Crippen molar-refractivity contribution in [2.45, 2.75) is 43.2 Å². The molecule has 11 heteroatoms. The number of hydrogen-bond acceptors (Lipinski definition) is 8. The van der Waals surface area contributed by atoms with Gasteiger partial charge >= 0.3 is 6.01 Å². The van der Waals surface area contributed by atoms with Crippen molar-refractivity contribution < 1.29 is 25.4 Å². The SMILES string of the molecule is [2H]C([2H])(Oc1nc(N2CCOC[C@H]3[C@H](F)[C@H]32)c2cnc(-c3cc(N)cc4ccc(F)c(C#C)c34)c(C=C)c2n1)[C@@]12CCCN1C[C@H](F)C2. The number of hydrogen-bond donors (Lipinski definition) is 1. The van der Waals surface area contributed by atoms with Crippen molar-refractivity contribution in [1.29, 1.82) is 0 Å². The van der Waals surface area contributed by atoms with Crippen molar-refractivity contribution in [1.82, 2.24) is 19.9 Å². The van der Waals surface area contributed by atoms with E-state index in [1.54, 1.807) is 29.3 Å². The van der Waals surface area contributed by atoms with Gasteiger partial charge in [-0.3, -0.25) is 9.88 Å². The van der Waals surface area contributed by atoms with Crippen molar-refractivity contribution >= 4 is 39.3 Å². The maximum Gasteiger partial charge on any atom is 0.319 e. The molecule has 0 radical (unpaired) electrons. The molecule has 0 unspecified atom stereocenters. The smallest absolute Gasteiger partial charge is 0.319 e. The highest BCUT2D eigenvalue weighted by molar-refractivity contribution is 6.06. The minimum atomic E-state index is -2.37. The van der Waals surface area contributed by atoms with Crippen molar-refractivity contribution in [3.05, 3.63) is 54.0 Å². The van der Waals surface area contributed by atoms with Crippen LogP contribution in [0.1, 0.15) is 33.1 Å². The zero-order chi connectivity index (χ0) is 33.5. The van der Waals surface area contributed by atoms with E-state index in [9.17, 15) is 4.39 Å². The molecule has 0 amide bonds. The molecule has 236 valence electrons. The standard InChI is InChI=1S/C35H33F3N6O2/c1-3-22-27(37)7-6-19-12-21(39)13-24(28(19)22)30-23(4-2)31-25(15-40-30)33(44-10-11-45-17-26-29(38)32(26)44)42-34(41-31)46-18-35-8-5-9-43(35)16-20(36)14-35/h1,4,6-7,12-13,15,20,26,29,32H,2,5,8-11,14,16-18,39H2/t20-,26+,29+,32+,35+/m1/s1/i18D2. The maximum atomic E-state index is 15.1. The van der Waals surface area contributed by atoms with Crippen LogP contribution in [0, 0.1) is 24.1 Å². The van der Waals surface area contributed by atoms with Crippen LogP contribution in [0.3, 0.4) is 0 Å². The molecule has 0 bridgehead atoms. The first-order valence-corrected chi connectivity index (χ1v) is 15.5. The first-order chi connectivity index (χ1) is 23.1. The van der Waals surface area contributed by atoms with Gasteiger partial charge in [-0.25, -0.2) is 13.2 Å². The number of terminal acetylenes is 1. The monoisotopic (exact) mass is 628 g/mol. The van der Waals surface area contributed by atoms with Crippen LogP contribution in [0.25, 0.3) is 39.0 Å². The number of pyridine rings is 1. The van der Waals surface area contributed by atoms with E-state index in [4.69, 9.17) is 39.3 Å². The van der Waals surface area contributed by atoms with Crippen LogP contribution in [0.5, 0.6) is 6.01 Å². The van der Waals surface area contributed by atoms with Gasteiger partial charge in [0, 0.05) is 53.8 Å². The summed E-state index contributed by atoms with van der Waals surface area (Å²) in [5, 5.41) is 1.48. The number of alkyl halides is 2. The quantitative estimate of drug-likeness (QED) is 0.227. The minimum Gasteiger partial charge on any atom is -0.461 e. The summed E-state index contributed by atoms with van der Waals surface area (Å²) in [6.45, 7) is 3.28. The number of fused-ring (bicyclic) bond motifs is 4. The van der Waals surface area contributed by atoms with Crippen LogP contribution in [0.2, 0.25) is 0 Å². The van der Waals surface area contributed by atoms with Crippen LogP contribution in [0.15, 0.2) is 37.0 Å². The van der Waals surface area contributed by atoms with Crippen LogP contribution in [0.4, 0.5) is 24.7 Å². The molecule has 8 rings (SSSR count). The molecule has 5 heterocycles. The summed E-state index contributed by atoms with van der Waals surface area (Å²) in [5.41, 5.74) is 7.05. The molecular weight excluding hydrogens is 593 g/mol. The molecule has 2 aromatic heterocycles. The van der Waals surface area contributed by atoms with Crippen LogP contribution < -0.4 is 15.4 Å². The Morgan fingerprint density at radius 3 is 2.98 bits per heavy atom. The number of nitrogens with two attached hydrogens (primary N) is 1. The van der Waals surface area contributed by atoms with Crippen molar-refractivity contribution in [3.63, 3.8) is 0 Å². The fraction of sp³-hybridized carbons (Fsp3) is 0.400. The number of nitrogen functional groups attached to an aromatic ring is 1. The maximum absolute atomic E-state index is 15.1. The number of benzene rings is 2. The molecule has 8 nitrogen and oxygen atoms in total. The van der Waals surface area contributed by atoms with Gasteiger partial charge in [-0.15, -0.1) is 6.42 Å². The molecule has 1 aliphatic carbocycles. The molecule has 4 aromatic rings. The second-order valence-corrected chi connectivity index (χ2v) is 12.5. The van der Waals surface area contributed by atoms with Gasteiger partial charge in [-0.05, 0) is 43.0 Å². The van der Waals surface area contributed by atoms with E-state index in [1.807, 2.05) is 4.90 Å². The molecular formula is C35H33F3N6O2. The highest BCUT2D eigenvalue weighted by Gasteiger charge is 2.56. The molecule has 2 N–H and O–H groups in total. The summed E-state index contributed by atoms with van der Waals surface area (Å²) in [5.74, 6) is 1.83. The van der Waals surface area contributed by atoms with E-state index in [0.717, 1.165) is 0 Å². The van der Waals surface area contributed by atoms with E-state index in [2.05, 4.69) is 12.5 Å². The zero-order valence-corrected chi connectivity index (χ0v) is 25.0. The third-order valence-electron chi connectivity index (χ3n) is 9.82. The Hall–Kier alpha value is -4.40. The van der Waals surface area contributed by atoms with Gasteiger partial charge < -0.3 is 20.1 Å². The van der Waals surface area contributed by atoms with Crippen LogP contribution in [-0.4, -0.2) is 83.2 Å². The highest BCUT2D eigenvalue weighted by Crippen LogP contribution is 2.46. The summed E-state index contributed by atoms with van der Waals surface area (Å²) < 4.78 is 74.8. The topological polar surface area (TPSA) is 89.6 Å². The Bertz CT molecular complexity index is 2040. The number of aromatic nitrogens is 3. The zero-order valence-electron chi connectivity index (χ0n) is 27.0. The van der Waals surface area contributed by atoms with Crippen LogP contribution >= 0.6 is 0 Å². The first kappa shape index (κ1) is 26.8. The van der Waals surface area contributed by atoms with E-state index in [-0.39, 0.29) is 37.1 Å². The number of halogens is 3. The Balaban J connectivity index is 1.35. The third kappa shape index (κ3) is 4.49. The molecule has 2 aromatic carbocycles. The number of nitrogens with zero attached hydrogens (tertiary/aromatic N) is 5. The van der Waals surface area contributed by atoms with Gasteiger partial charge in [-0.1, -0.05) is 24.6 Å². The second-order valence-electron chi connectivity index (χ2n) is 12.5. The normalized spacial score (nSPS) is 28.3. The number of anilines is 2. The van der Waals surface area contributed by atoms with E-state index in [1.165, 1.54) is 12.1 Å². The molecule has 0 spiro atoms. The molecule has 3 saturated heterocycles. The fourth-order valence-corrected chi connectivity index (χ4v) is 7.62. The molecule has 4 fully saturated rings. The van der Waals surface area contributed by atoms with Gasteiger partial charge in [0.1, 0.15) is 30.5 Å². The molecule has 4 aliphatic rings.